The highest BCUT2D eigenvalue weighted by atomic mass is 16.5. The lowest BCUT2D eigenvalue weighted by molar-refractivity contribution is -0.138. The Morgan fingerprint density at radius 2 is 2.33 bits per heavy atom. The van der Waals surface area contributed by atoms with Crippen LogP contribution >= 0.6 is 0 Å². The number of aromatic nitrogens is 2. The van der Waals surface area contributed by atoms with E-state index in [0.717, 1.165) is 0 Å². The molecule has 0 unspecified atom stereocenters. The summed E-state index contributed by atoms with van der Waals surface area (Å²) < 4.78 is 4.49. The van der Waals surface area contributed by atoms with Crippen molar-refractivity contribution in [1.82, 2.24) is 9.97 Å². The first kappa shape index (κ1) is 11.2. The number of ether oxygens (including phenoxy) is 1. The molecule has 1 aromatic heterocycles. The fourth-order valence-corrected chi connectivity index (χ4v) is 0.897. The third-order valence-electron chi connectivity index (χ3n) is 1.68. The number of nitrogens with zero attached hydrogens (tertiary/aromatic N) is 3. The second-order valence-corrected chi connectivity index (χ2v) is 3.07. The van der Waals surface area contributed by atoms with Crippen LogP contribution in [0, 0.1) is 0 Å². The average Bonchev–Trinajstić information content (AvgIpc) is 2.26. The molecule has 0 aromatic carbocycles. The third-order valence-corrected chi connectivity index (χ3v) is 1.68. The Hall–Kier alpha value is -1.85. The van der Waals surface area contributed by atoms with Crippen molar-refractivity contribution in [3.05, 3.63) is 12.3 Å². The molecule has 6 heteroatoms. The molecule has 0 bridgehead atoms. The van der Waals surface area contributed by atoms with E-state index in [1.807, 2.05) is 14.1 Å². The van der Waals surface area contributed by atoms with Gasteiger partial charge in [0, 0.05) is 20.3 Å². The molecule has 1 N–H and O–H groups in total. The lowest BCUT2D eigenvalue weighted by atomic mass is 10.5. The molecule has 1 rings (SSSR count). The molecule has 0 amide bonds. The largest absolute Gasteiger partial charge is 0.468 e. The van der Waals surface area contributed by atoms with E-state index in [1.54, 1.807) is 17.2 Å². The molecule has 6 nitrogen and oxygen atoms in total. The lowest BCUT2D eigenvalue weighted by Gasteiger charge is -2.11. The average molecular weight is 210 g/mol. The number of hydrogen-bond donors (Lipinski definition) is 1. The Balaban J connectivity index is 2.61. The quantitative estimate of drug-likeness (QED) is 0.712. The van der Waals surface area contributed by atoms with Gasteiger partial charge in [0.05, 0.1) is 7.11 Å². The van der Waals surface area contributed by atoms with Crippen LogP contribution in [0.3, 0.4) is 0 Å². The molecule has 82 valence electrons. The second kappa shape index (κ2) is 5.14. The van der Waals surface area contributed by atoms with Gasteiger partial charge in [-0.15, -0.1) is 0 Å². The van der Waals surface area contributed by atoms with Gasteiger partial charge in [-0.3, -0.25) is 4.79 Å². The van der Waals surface area contributed by atoms with E-state index in [2.05, 4.69) is 20.0 Å². The fraction of sp³-hybridized carbons (Fsp3) is 0.444. The monoisotopic (exact) mass is 210 g/mol. The number of nitrogens with one attached hydrogen (secondary N) is 1. The zero-order chi connectivity index (χ0) is 11.3. The minimum atomic E-state index is -0.333. The van der Waals surface area contributed by atoms with Gasteiger partial charge in [-0.25, -0.2) is 4.98 Å². The summed E-state index contributed by atoms with van der Waals surface area (Å²) in [6, 6.07) is 1.69. The summed E-state index contributed by atoms with van der Waals surface area (Å²) in [5.74, 6) is 0.851. The number of carbonyl (C=O) groups is 1. The molecule has 0 fully saturated rings. The molecule has 15 heavy (non-hydrogen) atoms. The van der Waals surface area contributed by atoms with E-state index in [0.29, 0.717) is 11.8 Å². The maximum Gasteiger partial charge on any atom is 0.325 e. The van der Waals surface area contributed by atoms with Gasteiger partial charge >= 0.3 is 5.97 Å². The highest BCUT2D eigenvalue weighted by Crippen LogP contribution is 2.07. The van der Waals surface area contributed by atoms with Gasteiger partial charge in [-0.05, 0) is 6.07 Å². The van der Waals surface area contributed by atoms with E-state index in [9.17, 15) is 4.79 Å². The topological polar surface area (TPSA) is 67.3 Å². The third kappa shape index (κ3) is 3.41. The number of carbonyl (C=O) groups excluding carboxylic acids is 1. The Morgan fingerprint density at radius 3 is 2.93 bits per heavy atom. The van der Waals surface area contributed by atoms with E-state index in [1.165, 1.54) is 7.11 Å². The zero-order valence-electron chi connectivity index (χ0n) is 9.02. The minimum Gasteiger partial charge on any atom is -0.468 e. The van der Waals surface area contributed by atoms with Crippen LogP contribution in [-0.4, -0.2) is 43.7 Å². The van der Waals surface area contributed by atoms with Crippen molar-refractivity contribution < 1.29 is 9.53 Å². The molecule has 0 saturated heterocycles. The van der Waals surface area contributed by atoms with Crippen molar-refractivity contribution in [1.29, 1.82) is 0 Å². The molecular weight excluding hydrogens is 196 g/mol. The minimum absolute atomic E-state index is 0.0976. The van der Waals surface area contributed by atoms with Crippen LogP contribution in [0.25, 0.3) is 0 Å². The van der Waals surface area contributed by atoms with Gasteiger partial charge in [-0.1, -0.05) is 0 Å². The number of anilines is 2. The summed E-state index contributed by atoms with van der Waals surface area (Å²) in [6.07, 6.45) is 1.63. The predicted molar refractivity (Wildman–Crippen MR) is 56.9 cm³/mol. The van der Waals surface area contributed by atoms with Crippen LogP contribution in [0.15, 0.2) is 12.3 Å². The van der Waals surface area contributed by atoms with Crippen molar-refractivity contribution in [2.24, 2.45) is 0 Å². The predicted octanol–water partition coefficient (Wildman–Crippen LogP) is 0.127. The fourth-order valence-electron chi connectivity index (χ4n) is 0.897. The maximum absolute atomic E-state index is 10.9. The number of methoxy groups -OCH3 is 1. The van der Waals surface area contributed by atoms with Crippen LogP contribution in [-0.2, 0) is 9.53 Å². The molecular formula is C9H14N4O2. The molecule has 0 spiro atoms. The maximum atomic E-state index is 10.9. The van der Waals surface area contributed by atoms with Gasteiger partial charge in [-0.2, -0.15) is 4.98 Å². The summed E-state index contributed by atoms with van der Waals surface area (Å²) in [4.78, 5) is 20.9. The van der Waals surface area contributed by atoms with Gasteiger partial charge < -0.3 is 15.0 Å². The van der Waals surface area contributed by atoms with E-state index >= 15 is 0 Å². The normalized spacial score (nSPS) is 9.53. The van der Waals surface area contributed by atoms with Gasteiger partial charge in [0.25, 0.3) is 0 Å². The van der Waals surface area contributed by atoms with Crippen LogP contribution in [0.4, 0.5) is 11.8 Å². The van der Waals surface area contributed by atoms with Crippen molar-refractivity contribution in [2.75, 3.05) is 38.0 Å². The molecule has 0 radical (unpaired) electrons. The van der Waals surface area contributed by atoms with Crippen LogP contribution in [0.2, 0.25) is 0 Å². The van der Waals surface area contributed by atoms with E-state index in [-0.39, 0.29) is 12.5 Å². The first-order valence-corrected chi connectivity index (χ1v) is 4.44. The van der Waals surface area contributed by atoms with Gasteiger partial charge in [0.2, 0.25) is 5.95 Å². The molecule has 0 saturated carbocycles. The molecule has 0 atom stereocenters. The van der Waals surface area contributed by atoms with Crippen molar-refractivity contribution in [3.63, 3.8) is 0 Å². The zero-order valence-corrected chi connectivity index (χ0v) is 9.02. The van der Waals surface area contributed by atoms with E-state index < -0.39 is 0 Å². The van der Waals surface area contributed by atoms with Crippen LogP contribution < -0.4 is 10.2 Å². The molecule has 0 aliphatic rings. The Bertz CT molecular complexity index is 341. The van der Waals surface area contributed by atoms with Crippen molar-refractivity contribution in [3.8, 4) is 0 Å². The standard InChI is InChI=1S/C9H14N4O2/c1-13(2)9-10-5-4-7(12-9)11-6-8(14)15-3/h4-5H,6H2,1-3H3,(H,10,11,12). The summed E-state index contributed by atoms with van der Waals surface area (Å²) in [5, 5.41) is 2.84. The van der Waals surface area contributed by atoms with Gasteiger partial charge in [0.1, 0.15) is 12.4 Å². The number of rotatable bonds is 4. The van der Waals surface area contributed by atoms with Crippen LogP contribution in [0.1, 0.15) is 0 Å². The van der Waals surface area contributed by atoms with Crippen LogP contribution in [0.5, 0.6) is 0 Å². The first-order chi connectivity index (χ1) is 7.13. The molecule has 1 heterocycles. The molecule has 1 aromatic rings. The summed E-state index contributed by atoms with van der Waals surface area (Å²) in [6.45, 7) is 0.0976. The Labute approximate surface area is 88.3 Å². The highest BCUT2D eigenvalue weighted by Gasteiger charge is 2.03. The molecule has 0 aliphatic heterocycles. The van der Waals surface area contributed by atoms with E-state index in [4.69, 9.17) is 0 Å². The Kier molecular flexibility index (Phi) is 3.84. The van der Waals surface area contributed by atoms with Crippen molar-refractivity contribution >= 4 is 17.7 Å². The SMILES string of the molecule is COC(=O)CNc1ccnc(N(C)C)n1. The smallest absolute Gasteiger partial charge is 0.325 e. The summed E-state index contributed by atoms with van der Waals surface area (Å²) in [7, 11) is 5.04. The highest BCUT2D eigenvalue weighted by molar-refractivity contribution is 5.74. The lowest BCUT2D eigenvalue weighted by Crippen LogP contribution is -2.17. The Morgan fingerprint density at radius 1 is 1.60 bits per heavy atom. The number of hydrogen-bond acceptors (Lipinski definition) is 6. The first-order valence-electron chi connectivity index (χ1n) is 4.44. The summed E-state index contributed by atoms with van der Waals surface area (Å²) >= 11 is 0. The second-order valence-electron chi connectivity index (χ2n) is 3.07. The summed E-state index contributed by atoms with van der Waals surface area (Å²) in [5.41, 5.74) is 0. The van der Waals surface area contributed by atoms with Gasteiger partial charge in [0.15, 0.2) is 0 Å². The van der Waals surface area contributed by atoms with Crippen molar-refractivity contribution in [2.45, 2.75) is 0 Å². The number of esters is 1. The molecule has 0 aliphatic carbocycles.